The summed E-state index contributed by atoms with van der Waals surface area (Å²) in [6.45, 7) is 0. The molecule has 0 heterocycles. The van der Waals surface area contributed by atoms with Crippen LogP contribution in [0.2, 0.25) is 0 Å². The summed E-state index contributed by atoms with van der Waals surface area (Å²) in [5.74, 6) is -4.45. The van der Waals surface area contributed by atoms with E-state index < -0.39 is 30.3 Å². The van der Waals surface area contributed by atoms with Crippen molar-refractivity contribution in [3.8, 4) is 11.5 Å². The maximum atomic E-state index is 11.6. The number of phenolic OH excluding ortho intramolecular Hbond substituents is 2. The summed E-state index contributed by atoms with van der Waals surface area (Å²) in [4.78, 5) is 32.7. The fourth-order valence-corrected chi connectivity index (χ4v) is 1.66. The van der Waals surface area contributed by atoms with E-state index in [1.54, 1.807) is 0 Å². The summed E-state index contributed by atoms with van der Waals surface area (Å²) in [6, 6.07) is 2.64. The number of aromatic hydroxyl groups is 2. The predicted molar refractivity (Wildman–Crippen MR) is 67.3 cm³/mol. The first-order valence-corrected chi connectivity index (χ1v) is 6.03. The third-order valence-corrected chi connectivity index (χ3v) is 2.72. The first kappa shape index (κ1) is 20.2. The van der Waals surface area contributed by atoms with Crippen LogP contribution in [0, 0.1) is 0 Å². The zero-order chi connectivity index (χ0) is 16.0. The van der Waals surface area contributed by atoms with Gasteiger partial charge in [-0.2, -0.15) is 0 Å². The van der Waals surface area contributed by atoms with Gasteiger partial charge < -0.3 is 30.5 Å². The summed E-state index contributed by atoms with van der Waals surface area (Å²) in [5.41, 5.74) is 0.313. The molecule has 4 N–H and O–H groups in total. The minimum atomic E-state index is -1.69. The van der Waals surface area contributed by atoms with Crippen LogP contribution in [0.1, 0.15) is 18.4 Å². The Hall–Kier alpha value is -1.77. The molecule has 22 heavy (non-hydrogen) atoms. The molecule has 1 aromatic rings. The topological polar surface area (TPSA) is 147 Å². The Labute approximate surface area is 148 Å². The average molecular weight is 319 g/mol. The molecule has 0 saturated heterocycles. The Balaban J connectivity index is 0.00000441. The van der Waals surface area contributed by atoms with Crippen LogP contribution in [0.4, 0.5) is 0 Å². The molecule has 0 bridgehead atoms. The molecule has 0 saturated carbocycles. The van der Waals surface area contributed by atoms with Gasteiger partial charge >= 0.3 is 35.5 Å². The van der Waals surface area contributed by atoms with Crippen molar-refractivity contribution in [1.82, 2.24) is 5.32 Å². The van der Waals surface area contributed by atoms with Gasteiger partial charge in [-0.05, 0) is 18.1 Å². The van der Waals surface area contributed by atoms with Gasteiger partial charge in [-0.3, -0.25) is 9.59 Å². The van der Waals surface area contributed by atoms with Gasteiger partial charge in [0.2, 0.25) is 5.91 Å². The van der Waals surface area contributed by atoms with E-state index in [9.17, 15) is 29.7 Å². The molecule has 1 rings (SSSR count). The number of carboxylic acid groups (broad SMARTS) is 2. The van der Waals surface area contributed by atoms with E-state index in [2.05, 4.69) is 0 Å². The van der Waals surface area contributed by atoms with E-state index in [0.717, 1.165) is 0 Å². The molecule has 0 spiro atoms. The number of hydrogen-bond donors (Lipinski definition) is 4. The van der Waals surface area contributed by atoms with E-state index in [4.69, 9.17) is 5.11 Å². The van der Waals surface area contributed by atoms with E-state index in [1.807, 2.05) is 5.32 Å². The van der Waals surface area contributed by atoms with Crippen molar-refractivity contribution < 1.29 is 64.4 Å². The Bertz CT molecular complexity index is 561. The molecule has 1 amide bonds. The van der Waals surface area contributed by atoms with Crippen molar-refractivity contribution in [2.24, 2.45) is 0 Å². The monoisotopic (exact) mass is 319 g/mol. The zero-order valence-electron chi connectivity index (χ0n) is 11.9. The quantitative estimate of drug-likeness (QED) is 0.294. The molecule has 114 valence electrons. The van der Waals surface area contributed by atoms with Crippen molar-refractivity contribution in [1.29, 1.82) is 0 Å². The number of amides is 1. The van der Waals surface area contributed by atoms with Crippen LogP contribution in [-0.4, -0.2) is 39.2 Å². The molecule has 0 aliphatic heterocycles. The van der Waals surface area contributed by atoms with Gasteiger partial charge in [0.05, 0.1) is 18.4 Å². The van der Waals surface area contributed by atoms with Crippen LogP contribution in [-0.2, 0) is 20.8 Å². The molecule has 0 aromatic heterocycles. The molecule has 0 radical (unpaired) electrons. The molecule has 9 heteroatoms. The van der Waals surface area contributed by atoms with E-state index in [1.165, 1.54) is 18.2 Å². The predicted octanol–water partition coefficient (Wildman–Crippen LogP) is -4.26. The molecule has 1 atom stereocenters. The van der Waals surface area contributed by atoms with E-state index in [-0.39, 0.29) is 53.9 Å². The number of benzene rings is 1. The van der Waals surface area contributed by atoms with Crippen LogP contribution in [0.25, 0.3) is 0 Å². The third kappa shape index (κ3) is 6.33. The Kier molecular flexibility index (Phi) is 8.54. The molecule has 8 nitrogen and oxygen atoms in total. The number of carbonyl (C=O) groups is 3. The molecule has 0 aliphatic carbocycles. The summed E-state index contributed by atoms with van der Waals surface area (Å²) >= 11 is 0. The van der Waals surface area contributed by atoms with E-state index >= 15 is 0 Å². The third-order valence-electron chi connectivity index (χ3n) is 2.72. The molecule has 0 fully saturated rings. The van der Waals surface area contributed by atoms with Crippen LogP contribution in [0.5, 0.6) is 11.5 Å². The van der Waals surface area contributed by atoms with Crippen LogP contribution in [0.3, 0.4) is 0 Å². The van der Waals surface area contributed by atoms with Gasteiger partial charge in [0.25, 0.3) is 0 Å². The standard InChI is InChI=1S/C13H15NO7.Na/c15-9-3-1-2-7(12(9)19)4-5-10(16)14-8(13(20)21)6-11(17)18;/h1-3,8,15,19H,4-6H2,(H,14,16)(H,17,18)(H,20,21);/q;+1/p-1/t8-;/m0./s1. The maximum absolute atomic E-state index is 11.6. The van der Waals surface area contributed by atoms with Gasteiger partial charge in [-0.25, -0.2) is 0 Å². The number of carboxylic acids is 2. The zero-order valence-corrected chi connectivity index (χ0v) is 13.9. The van der Waals surface area contributed by atoms with Crippen molar-refractivity contribution in [2.75, 3.05) is 0 Å². The molecule has 1 aromatic carbocycles. The second kappa shape index (κ2) is 9.29. The first-order chi connectivity index (χ1) is 9.81. The minimum absolute atomic E-state index is 0. The van der Waals surface area contributed by atoms with Gasteiger partial charge in [-0.1, -0.05) is 12.1 Å². The second-order valence-corrected chi connectivity index (χ2v) is 4.32. The Morgan fingerprint density at radius 3 is 2.41 bits per heavy atom. The Morgan fingerprint density at radius 1 is 1.23 bits per heavy atom. The van der Waals surface area contributed by atoms with Crippen molar-refractivity contribution >= 4 is 17.8 Å². The maximum Gasteiger partial charge on any atom is 1.00 e. The number of aryl methyl sites for hydroxylation is 1. The molecular formula is C13H14NNaO7. The number of hydrogen-bond acceptors (Lipinski definition) is 6. The largest absolute Gasteiger partial charge is 1.00 e. The molecule has 0 aliphatic rings. The molecular weight excluding hydrogens is 305 g/mol. The van der Waals surface area contributed by atoms with Crippen molar-refractivity contribution in [3.05, 3.63) is 23.8 Å². The number of aliphatic carboxylic acids is 2. The van der Waals surface area contributed by atoms with E-state index in [0.29, 0.717) is 5.56 Å². The number of phenols is 2. The van der Waals surface area contributed by atoms with Gasteiger partial charge in [0.1, 0.15) is 0 Å². The average Bonchev–Trinajstić information content (AvgIpc) is 2.39. The number of carbonyl (C=O) groups excluding carboxylic acids is 2. The Morgan fingerprint density at radius 2 is 1.86 bits per heavy atom. The minimum Gasteiger partial charge on any atom is -0.548 e. The van der Waals surface area contributed by atoms with Crippen molar-refractivity contribution in [2.45, 2.75) is 25.3 Å². The number of para-hydroxylation sites is 1. The SMILES string of the molecule is O=C(O)C[C@H](NC(=O)CCc1cccc(O)c1O)C(=O)[O-].[Na+]. The fourth-order valence-electron chi connectivity index (χ4n) is 1.66. The van der Waals surface area contributed by atoms with Crippen LogP contribution >= 0.6 is 0 Å². The van der Waals surface area contributed by atoms with Gasteiger partial charge in [0.15, 0.2) is 11.5 Å². The normalized spacial score (nSPS) is 11.1. The fraction of sp³-hybridized carbons (Fsp3) is 0.308. The smallest absolute Gasteiger partial charge is 0.548 e. The second-order valence-electron chi connectivity index (χ2n) is 4.32. The first-order valence-electron chi connectivity index (χ1n) is 6.03. The summed E-state index contributed by atoms with van der Waals surface area (Å²) in [5, 5.41) is 40.0. The van der Waals surface area contributed by atoms with Gasteiger partial charge in [-0.15, -0.1) is 0 Å². The summed E-state index contributed by atoms with van der Waals surface area (Å²) < 4.78 is 0. The van der Waals surface area contributed by atoms with Crippen molar-refractivity contribution in [3.63, 3.8) is 0 Å². The summed E-state index contributed by atoms with van der Waals surface area (Å²) in [6.07, 6.45) is -0.912. The summed E-state index contributed by atoms with van der Waals surface area (Å²) in [7, 11) is 0. The number of nitrogens with one attached hydrogen (secondary N) is 1. The van der Waals surface area contributed by atoms with Crippen LogP contribution < -0.4 is 40.0 Å². The number of rotatable bonds is 7. The van der Waals surface area contributed by atoms with Gasteiger partial charge in [0, 0.05) is 6.42 Å². The van der Waals surface area contributed by atoms with Crippen LogP contribution in [0.15, 0.2) is 18.2 Å². The molecule has 0 unspecified atom stereocenters.